The maximum absolute atomic E-state index is 13.6. The summed E-state index contributed by atoms with van der Waals surface area (Å²) >= 11 is 0. The molecule has 0 aliphatic heterocycles. The highest BCUT2D eigenvalue weighted by molar-refractivity contribution is 5.80. The molecule has 4 nitrogen and oxygen atoms in total. The standard InChI is InChI=1S/C12H15FN2O2/c1-16-6-7-17-9-2-3-10(11(13)8-9)12(15)4-5-14/h2-5,8,14H,6-7,15H2,1H3/p+1. The molecule has 0 aliphatic rings. The van der Waals surface area contributed by atoms with E-state index in [0.717, 1.165) is 0 Å². The fraction of sp³-hybridized carbons (Fsp3) is 0.250. The molecule has 1 aromatic rings. The highest BCUT2D eigenvalue weighted by Crippen LogP contribution is 2.20. The Morgan fingerprint density at radius 3 is 2.82 bits per heavy atom. The molecular formula is C12H16FN2O2+. The number of benzene rings is 1. The molecule has 0 spiro atoms. The molecule has 0 fully saturated rings. The molecule has 0 aliphatic carbocycles. The summed E-state index contributed by atoms with van der Waals surface area (Å²) in [5, 5.41) is 5.19. The van der Waals surface area contributed by atoms with Crippen LogP contribution in [0.15, 0.2) is 24.3 Å². The molecule has 0 aromatic heterocycles. The average molecular weight is 239 g/mol. The van der Waals surface area contributed by atoms with Crippen LogP contribution in [0, 0.1) is 5.82 Å². The lowest BCUT2D eigenvalue weighted by atomic mass is 10.1. The van der Waals surface area contributed by atoms with Crippen LogP contribution in [0.25, 0.3) is 5.70 Å². The summed E-state index contributed by atoms with van der Waals surface area (Å²) in [5.74, 6) is -0.0108. The van der Waals surface area contributed by atoms with Gasteiger partial charge in [0.1, 0.15) is 18.2 Å². The van der Waals surface area contributed by atoms with Crippen molar-refractivity contribution >= 4 is 11.9 Å². The van der Waals surface area contributed by atoms with Crippen LogP contribution in [0.4, 0.5) is 4.39 Å². The second kappa shape index (κ2) is 6.65. The summed E-state index contributed by atoms with van der Waals surface area (Å²) in [6, 6.07) is 4.47. The summed E-state index contributed by atoms with van der Waals surface area (Å²) in [7, 11) is 1.57. The highest BCUT2D eigenvalue weighted by atomic mass is 19.1. The molecule has 0 bridgehead atoms. The van der Waals surface area contributed by atoms with Crippen molar-refractivity contribution in [2.75, 3.05) is 20.3 Å². The number of hydrogen-bond donors (Lipinski definition) is 2. The molecule has 5 heteroatoms. The van der Waals surface area contributed by atoms with Gasteiger partial charge in [-0.3, -0.25) is 5.41 Å². The SMILES string of the molecule is COCCOc1ccc(C(N)=CC=[NH2+])c(F)c1. The van der Waals surface area contributed by atoms with Gasteiger partial charge in [0, 0.05) is 30.5 Å². The number of rotatable bonds is 6. The van der Waals surface area contributed by atoms with Crippen LogP contribution >= 0.6 is 0 Å². The fourth-order valence-electron chi connectivity index (χ4n) is 1.26. The van der Waals surface area contributed by atoms with Crippen molar-refractivity contribution in [2.24, 2.45) is 5.73 Å². The monoisotopic (exact) mass is 239 g/mol. The predicted octanol–water partition coefficient (Wildman–Crippen LogP) is -0.0196. The molecule has 4 N–H and O–H groups in total. The first-order chi connectivity index (χ1) is 8.19. The summed E-state index contributed by atoms with van der Waals surface area (Å²) in [4.78, 5) is 0. The van der Waals surface area contributed by atoms with E-state index in [9.17, 15) is 4.39 Å². The van der Waals surface area contributed by atoms with Crippen molar-refractivity contribution in [3.63, 3.8) is 0 Å². The lowest BCUT2D eigenvalue weighted by molar-refractivity contribution is -0.104. The van der Waals surface area contributed by atoms with Gasteiger partial charge < -0.3 is 15.2 Å². The quantitative estimate of drug-likeness (QED) is 0.541. The zero-order valence-corrected chi connectivity index (χ0v) is 9.65. The highest BCUT2D eigenvalue weighted by Gasteiger charge is 2.06. The number of halogens is 1. The van der Waals surface area contributed by atoms with E-state index < -0.39 is 5.82 Å². The molecule has 0 saturated heterocycles. The largest absolute Gasteiger partial charge is 0.491 e. The van der Waals surface area contributed by atoms with Crippen molar-refractivity contribution in [3.8, 4) is 5.75 Å². The third-order valence-electron chi connectivity index (χ3n) is 2.08. The van der Waals surface area contributed by atoms with Crippen LogP contribution in [0.3, 0.4) is 0 Å². The molecule has 1 rings (SSSR count). The van der Waals surface area contributed by atoms with Gasteiger partial charge in [0.05, 0.1) is 6.61 Å². The van der Waals surface area contributed by atoms with E-state index in [-0.39, 0.29) is 5.70 Å². The molecule has 1 aromatic carbocycles. The summed E-state index contributed by atoms with van der Waals surface area (Å²) in [6.07, 6.45) is 2.70. The number of allylic oxidation sites excluding steroid dienone is 1. The summed E-state index contributed by atoms with van der Waals surface area (Å²) in [5.41, 5.74) is 6.20. The van der Waals surface area contributed by atoms with Crippen molar-refractivity contribution < 1.29 is 19.3 Å². The Bertz CT molecular complexity index is 419. The fourth-order valence-corrected chi connectivity index (χ4v) is 1.26. The minimum absolute atomic E-state index is 0.272. The van der Waals surface area contributed by atoms with Crippen molar-refractivity contribution in [1.29, 1.82) is 0 Å². The molecule has 17 heavy (non-hydrogen) atoms. The van der Waals surface area contributed by atoms with Gasteiger partial charge in [0.15, 0.2) is 6.21 Å². The van der Waals surface area contributed by atoms with Gasteiger partial charge in [-0.05, 0) is 12.1 Å². The number of ether oxygens (including phenoxy) is 2. The molecule has 92 valence electrons. The Morgan fingerprint density at radius 2 is 2.24 bits per heavy atom. The van der Waals surface area contributed by atoms with Gasteiger partial charge in [-0.15, -0.1) is 0 Å². The molecule has 0 saturated carbocycles. The first-order valence-corrected chi connectivity index (χ1v) is 5.11. The normalized spacial score (nSPS) is 11.3. The Balaban J connectivity index is 2.79. The van der Waals surface area contributed by atoms with Gasteiger partial charge in [0.25, 0.3) is 0 Å². The van der Waals surface area contributed by atoms with Crippen molar-refractivity contribution in [3.05, 3.63) is 35.7 Å². The Morgan fingerprint density at radius 1 is 1.47 bits per heavy atom. The third-order valence-corrected chi connectivity index (χ3v) is 2.08. The van der Waals surface area contributed by atoms with E-state index in [2.05, 4.69) is 0 Å². The van der Waals surface area contributed by atoms with Crippen LogP contribution in [0.1, 0.15) is 5.56 Å². The maximum atomic E-state index is 13.6. The van der Waals surface area contributed by atoms with E-state index in [1.54, 1.807) is 19.2 Å². The van der Waals surface area contributed by atoms with E-state index in [1.807, 2.05) is 0 Å². The number of hydrogen-bond acceptors (Lipinski definition) is 3. The number of methoxy groups -OCH3 is 1. The van der Waals surface area contributed by atoms with Gasteiger partial charge >= 0.3 is 0 Å². The Kier molecular flexibility index (Phi) is 5.16. The summed E-state index contributed by atoms with van der Waals surface area (Å²) in [6.45, 7) is 0.824. The third kappa shape index (κ3) is 3.88. The second-order valence-electron chi connectivity index (χ2n) is 3.30. The zero-order valence-electron chi connectivity index (χ0n) is 9.65. The first kappa shape index (κ1) is 13.2. The Labute approximate surface area is 99.3 Å². The first-order valence-electron chi connectivity index (χ1n) is 5.11. The molecule has 0 radical (unpaired) electrons. The minimum atomic E-state index is -0.449. The van der Waals surface area contributed by atoms with Crippen molar-refractivity contribution in [2.45, 2.75) is 0 Å². The average Bonchev–Trinajstić information content (AvgIpc) is 2.29. The maximum Gasteiger partial charge on any atom is 0.162 e. The van der Waals surface area contributed by atoms with Crippen LogP contribution in [0.2, 0.25) is 0 Å². The number of nitrogens with two attached hydrogens (primary N) is 2. The van der Waals surface area contributed by atoms with E-state index in [0.29, 0.717) is 24.5 Å². The van der Waals surface area contributed by atoms with Crippen LogP contribution < -0.4 is 15.9 Å². The lowest BCUT2D eigenvalue weighted by Gasteiger charge is -2.07. The molecular weight excluding hydrogens is 223 g/mol. The smallest absolute Gasteiger partial charge is 0.162 e. The van der Waals surface area contributed by atoms with Crippen LogP contribution in [-0.2, 0) is 4.74 Å². The predicted molar refractivity (Wildman–Crippen MR) is 63.9 cm³/mol. The van der Waals surface area contributed by atoms with Gasteiger partial charge in [-0.2, -0.15) is 0 Å². The molecule has 0 amide bonds. The minimum Gasteiger partial charge on any atom is -0.491 e. The second-order valence-corrected chi connectivity index (χ2v) is 3.30. The molecule has 0 atom stereocenters. The van der Waals surface area contributed by atoms with E-state index in [1.165, 1.54) is 18.4 Å². The zero-order chi connectivity index (χ0) is 12.7. The van der Waals surface area contributed by atoms with Gasteiger partial charge in [0.2, 0.25) is 0 Å². The van der Waals surface area contributed by atoms with Gasteiger partial charge in [-0.25, -0.2) is 4.39 Å². The van der Waals surface area contributed by atoms with Crippen LogP contribution in [0.5, 0.6) is 5.75 Å². The van der Waals surface area contributed by atoms with Crippen molar-refractivity contribution in [1.82, 2.24) is 0 Å². The van der Waals surface area contributed by atoms with E-state index in [4.69, 9.17) is 20.6 Å². The lowest BCUT2D eigenvalue weighted by Crippen LogP contribution is -2.28. The van der Waals surface area contributed by atoms with Gasteiger partial charge in [-0.1, -0.05) is 0 Å². The topological polar surface area (TPSA) is 70.1 Å². The Hall–Kier alpha value is -1.88. The van der Waals surface area contributed by atoms with E-state index >= 15 is 0 Å². The molecule has 0 heterocycles. The molecule has 0 unspecified atom stereocenters. The van der Waals surface area contributed by atoms with Crippen LogP contribution in [-0.4, -0.2) is 26.5 Å². The summed E-state index contributed by atoms with van der Waals surface area (Å²) < 4.78 is 23.7.